The second-order valence-corrected chi connectivity index (χ2v) is 12.4. The van der Waals surface area contributed by atoms with Crippen LogP contribution in [0, 0.1) is 0 Å². The average molecular weight is 615 g/mol. The lowest BCUT2D eigenvalue weighted by atomic mass is 10.0. The van der Waals surface area contributed by atoms with Crippen LogP contribution in [-0.2, 0) is 19.4 Å². The Morgan fingerprint density at radius 3 is 0.886 bits per heavy atom. The van der Waals surface area contributed by atoms with Crippen molar-refractivity contribution in [1.29, 1.82) is 0 Å². The van der Waals surface area contributed by atoms with Crippen LogP contribution in [0.2, 0.25) is 0 Å². The van der Waals surface area contributed by atoms with Crippen molar-refractivity contribution in [1.82, 2.24) is 0 Å². The molecule has 0 aliphatic carbocycles. The van der Waals surface area contributed by atoms with Crippen molar-refractivity contribution in [2.24, 2.45) is 0 Å². The standard InChI is InChI=1S/C40H70O4/c1-3-5-7-9-11-13-15-17-19-21-23-25-27-29-31-33-35-37-39(41)43-44-40(42)38-36-34-32-30-28-26-24-22-20-18-16-14-12-10-8-6-4-2/h31-38H,3-30H2,1-2H3. The summed E-state index contributed by atoms with van der Waals surface area (Å²) < 4.78 is 0. The molecule has 0 N–H and O–H groups in total. The first-order valence-corrected chi connectivity index (χ1v) is 18.8. The normalized spacial score (nSPS) is 12.0. The van der Waals surface area contributed by atoms with Crippen molar-refractivity contribution >= 4 is 11.9 Å². The summed E-state index contributed by atoms with van der Waals surface area (Å²) in [4.78, 5) is 32.4. The molecular formula is C40H70O4. The van der Waals surface area contributed by atoms with Crippen molar-refractivity contribution in [2.45, 2.75) is 194 Å². The van der Waals surface area contributed by atoms with Crippen LogP contribution < -0.4 is 0 Å². The number of carbonyl (C=O) groups is 2. The minimum absolute atomic E-state index is 0.699. The van der Waals surface area contributed by atoms with E-state index >= 15 is 0 Å². The second-order valence-electron chi connectivity index (χ2n) is 12.4. The molecule has 0 heterocycles. The fourth-order valence-corrected chi connectivity index (χ4v) is 5.32. The maximum atomic E-state index is 11.7. The third-order valence-electron chi connectivity index (χ3n) is 8.11. The Hall–Kier alpha value is -2.10. The van der Waals surface area contributed by atoms with Crippen molar-refractivity contribution in [3.05, 3.63) is 48.6 Å². The number of hydrogen-bond donors (Lipinski definition) is 0. The van der Waals surface area contributed by atoms with Gasteiger partial charge >= 0.3 is 11.9 Å². The summed E-state index contributed by atoms with van der Waals surface area (Å²) in [5.41, 5.74) is 0. The summed E-state index contributed by atoms with van der Waals surface area (Å²) in [7, 11) is 0. The van der Waals surface area contributed by atoms with Gasteiger partial charge in [-0.15, -0.1) is 0 Å². The molecule has 0 aromatic carbocycles. The summed E-state index contributed by atoms with van der Waals surface area (Å²) >= 11 is 0. The number of allylic oxidation sites excluding steroid dienone is 6. The highest BCUT2D eigenvalue weighted by molar-refractivity contribution is 5.85. The van der Waals surface area contributed by atoms with Crippen LogP contribution in [0.5, 0.6) is 0 Å². The summed E-state index contributed by atoms with van der Waals surface area (Å²) in [5, 5.41) is 0. The number of carbonyl (C=O) groups excluding carboxylic acids is 2. The lowest BCUT2D eigenvalue weighted by Crippen LogP contribution is -2.06. The van der Waals surface area contributed by atoms with Gasteiger partial charge in [0, 0.05) is 12.2 Å². The number of hydrogen-bond acceptors (Lipinski definition) is 4. The van der Waals surface area contributed by atoms with Gasteiger partial charge in [-0.25, -0.2) is 19.4 Å². The minimum Gasteiger partial charge on any atom is -0.242 e. The van der Waals surface area contributed by atoms with Gasteiger partial charge in [-0.2, -0.15) is 0 Å². The smallest absolute Gasteiger partial charge is 0.242 e. The van der Waals surface area contributed by atoms with Crippen LogP contribution in [0.15, 0.2) is 48.6 Å². The van der Waals surface area contributed by atoms with Crippen molar-refractivity contribution < 1.29 is 19.4 Å². The monoisotopic (exact) mass is 615 g/mol. The van der Waals surface area contributed by atoms with E-state index < -0.39 is 11.9 Å². The Labute approximate surface area is 273 Å². The Kier molecular flexibility index (Phi) is 35.3. The highest BCUT2D eigenvalue weighted by Gasteiger charge is 2.02. The summed E-state index contributed by atoms with van der Waals surface area (Å²) in [5.74, 6) is -1.40. The molecule has 254 valence electrons. The first-order chi connectivity index (χ1) is 21.7. The van der Waals surface area contributed by atoms with Crippen LogP contribution in [0.1, 0.15) is 194 Å². The Bertz CT molecular complexity index is 672. The van der Waals surface area contributed by atoms with E-state index in [4.69, 9.17) is 0 Å². The van der Waals surface area contributed by atoms with Crippen LogP contribution >= 0.6 is 0 Å². The Morgan fingerprint density at radius 1 is 0.364 bits per heavy atom. The molecule has 0 spiro atoms. The zero-order valence-corrected chi connectivity index (χ0v) is 29.1. The molecule has 4 heteroatoms. The molecule has 0 saturated carbocycles. The molecule has 0 radical (unpaired) electrons. The second kappa shape index (κ2) is 37.1. The molecule has 0 aromatic rings. The Morgan fingerprint density at radius 2 is 0.614 bits per heavy atom. The van der Waals surface area contributed by atoms with E-state index in [-0.39, 0.29) is 0 Å². The van der Waals surface area contributed by atoms with Gasteiger partial charge in [-0.1, -0.05) is 204 Å². The van der Waals surface area contributed by atoms with Crippen LogP contribution in [0.4, 0.5) is 0 Å². The molecule has 0 atom stereocenters. The molecule has 0 saturated heterocycles. The number of rotatable bonds is 32. The maximum absolute atomic E-state index is 11.7. The lowest BCUT2D eigenvalue weighted by Gasteiger charge is -2.02. The molecule has 44 heavy (non-hydrogen) atoms. The van der Waals surface area contributed by atoms with Gasteiger partial charge in [-0.05, 0) is 25.7 Å². The predicted molar refractivity (Wildman–Crippen MR) is 189 cm³/mol. The fourth-order valence-electron chi connectivity index (χ4n) is 5.32. The summed E-state index contributed by atoms with van der Waals surface area (Å²) in [6.45, 7) is 4.54. The van der Waals surface area contributed by atoms with E-state index in [1.807, 2.05) is 12.2 Å². The van der Waals surface area contributed by atoms with Gasteiger partial charge in [0.25, 0.3) is 0 Å². The molecule has 0 fully saturated rings. The molecule has 4 nitrogen and oxygen atoms in total. The van der Waals surface area contributed by atoms with Crippen LogP contribution in [-0.4, -0.2) is 11.9 Å². The van der Waals surface area contributed by atoms with E-state index in [1.54, 1.807) is 12.2 Å². The highest BCUT2D eigenvalue weighted by Crippen LogP contribution is 2.14. The van der Waals surface area contributed by atoms with Crippen molar-refractivity contribution in [3.63, 3.8) is 0 Å². The molecular weight excluding hydrogens is 544 g/mol. The van der Waals surface area contributed by atoms with E-state index in [9.17, 15) is 9.59 Å². The van der Waals surface area contributed by atoms with Gasteiger partial charge in [0.15, 0.2) is 0 Å². The quantitative estimate of drug-likeness (QED) is 0.0249. The van der Waals surface area contributed by atoms with Gasteiger partial charge in [-0.3, -0.25) is 0 Å². The van der Waals surface area contributed by atoms with E-state index in [1.165, 1.54) is 179 Å². The molecule has 0 unspecified atom stereocenters. The zero-order chi connectivity index (χ0) is 32.0. The fraction of sp³-hybridized carbons (Fsp3) is 0.750. The van der Waals surface area contributed by atoms with E-state index in [0.717, 1.165) is 12.8 Å². The van der Waals surface area contributed by atoms with Gasteiger partial charge < -0.3 is 0 Å². The SMILES string of the molecule is CCCCCCCCCCCCCCCC=CC=CC(=O)OOC(=O)C=CC=CCCCCCCCCCCCCCCC. The molecule has 0 aromatic heterocycles. The third kappa shape index (κ3) is 36.1. The molecule has 0 amide bonds. The maximum Gasteiger partial charge on any atom is 0.379 e. The average Bonchev–Trinajstić information content (AvgIpc) is 3.03. The van der Waals surface area contributed by atoms with Crippen molar-refractivity contribution in [3.8, 4) is 0 Å². The largest absolute Gasteiger partial charge is 0.379 e. The lowest BCUT2D eigenvalue weighted by molar-refractivity contribution is -0.250. The number of unbranched alkanes of at least 4 members (excludes halogenated alkanes) is 26. The highest BCUT2D eigenvalue weighted by atomic mass is 17.2. The zero-order valence-electron chi connectivity index (χ0n) is 29.1. The van der Waals surface area contributed by atoms with Crippen LogP contribution in [0.25, 0.3) is 0 Å². The Balaban J connectivity index is 3.52. The molecule has 0 aliphatic heterocycles. The summed E-state index contributed by atoms with van der Waals surface area (Å²) in [6.07, 6.45) is 50.8. The van der Waals surface area contributed by atoms with Gasteiger partial charge in [0.2, 0.25) is 0 Å². The molecule has 0 rings (SSSR count). The van der Waals surface area contributed by atoms with E-state index in [0.29, 0.717) is 0 Å². The third-order valence-corrected chi connectivity index (χ3v) is 8.11. The van der Waals surface area contributed by atoms with Gasteiger partial charge in [0.05, 0.1) is 0 Å². The first kappa shape index (κ1) is 41.9. The first-order valence-electron chi connectivity index (χ1n) is 18.8. The topological polar surface area (TPSA) is 52.6 Å². The summed E-state index contributed by atoms with van der Waals surface area (Å²) in [6, 6.07) is 0. The van der Waals surface area contributed by atoms with E-state index in [2.05, 4.69) is 35.8 Å². The predicted octanol–water partition coefficient (Wildman–Crippen LogP) is 13.2. The molecule has 0 bridgehead atoms. The van der Waals surface area contributed by atoms with Crippen molar-refractivity contribution in [2.75, 3.05) is 0 Å². The van der Waals surface area contributed by atoms with Gasteiger partial charge in [0.1, 0.15) is 0 Å². The molecule has 0 aliphatic rings. The van der Waals surface area contributed by atoms with Crippen LogP contribution in [0.3, 0.4) is 0 Å². The minimum atomic E-state index is -0.699.